The quantitative estimate of drug-likeness (QED) is 0.536. The molecule has 2 aliphatic rings. The van der Waals surface area contributed by atoms with Gasteiger partial charge in [-0.05, 0) is 61.1 Å². The Hall–Kier alpha value is -2.88. The van der Waals surface area contributed by atoms with Gasteiger partial charge in [0, 0.05) is 19.6 Å². The van der Waals surface area contributed by atoms with Gasteiger partial charge in [0.05, 0.1) is 17.1 Å². The average Bonchev–Trinajstić information content (AvgIpc) is 3.39. The fourth-order valence-electron chi connectivity index (χ4n) is 5.35. The first-order chi connectivity index (χ1) is 16.1. The summed E-state index contributed by atoms with van der Waals surface area (Å²) in [4.78, 5) is 28.6. The van der Waals surface area contributed by atoms with Crippen LogP contribution in [-0.2, 0) is 11.8 Å². The van der Waals surface area contributed by atoms with Crippen molar-refractivity contribution in [3.8, 4) is 11.4 Å². The van der Waals surface area contributed by atoms with Crippen LogP contribution >= 0.6 is 11.8 Å². The molecule has 1 aliphatic carbocycles. The minimum atomic E-state index is -0.206. The molecule has 0 spiro atoms. The Morgan fingerprint density at radius 2 is 1.88 bits per heavy atom. The number of carbonyl (C=O) groups is 1. The number of nitrogens with zero attached hydrogens (tertiary/aromatic N) is 7. The van der Waals surface area contributed by atoms with Crippen LogP contribution in [0.5, 0.6) is 0 Å². The number of rotatable bonds is 5. The zero-order valence-corrected chi connectivity index (χ0v) is 19.9. The summed E-state index contributed by atoms with van der Waals surface area (Å²) >= 11 is 1.30. The molecular weight excluding hydrogens is 438 g/mol. The molecule has 5 rings (SSSR count). The summed E-state index contributed by atoms with van der Waals surface area (Å²) in [5.74, 6) is 1.05. The summed E-state index contributed by atoms with van der Waals surface area (Å²) in [6.07, 6.45) is 7.15. The molecule has 0 N–H and O–H groups in total. The van der Waals surface area contributed by atoms with E-state index in [0.717, 1.165) is 30.8 Å². The summed E-state index contributed by atoms with van der Waals surface area (Å²) in [7, 11) is 1.84. The Balaban J connectivity index is 1.37. The van der Waals surface area contributed by atoms with Crippen molar-refractivity contribution in [2.75, 3.05) is 12.3 Å². The van der Waals surface area contributed by atoms with Crippen LogP contribution < -0.4 is 5.56 Å². The summed E-state index contributed by atoms with van der Waals surface area (Å²) in [6.45, 7) is 2.71. The molecule has 1 saturated carbocycles. The molecule has 3 aromatic rings. The van der Waals surface area contributed by atoms with E-state index >= 15 is 0 Å². The first-order valence-electron chi connectivity index (χ1n) is 11.6. The van der Waals surface area contributed by atoms with Gasteiger partial charge >= 0.3 is 0 Å². The van der Waals surface area contributed by atoms with Crippen LogP contribution in [0.2, 0.25) is 0 Å². The van der Waals surface area contributed by atoms with E-state index in [0.29, 0.717) is 22.8 Å². The van der Waals surface area contributed by atoms with Crippen molar-refractivity contribution < 1.29 is 4.79 Å². The second kappa shape index (κ2) is 9.17. The van der Waals surface area contributed by atoms with Crippen molar-refractivity contribution in [2.24, 2.45) is 13.0 Å². The molecule has 2 aromatic heterocycles. The number of para-hydroxylation sites is 1. The Kier molecular flexibility index (Phi) is 6.09. The first-order valence-corrected chi connectivity index (χ1v) is 12.6. The number of hydrogen-bond donors (Lipinski definition) is 0. The molecule has 3 heterocycles. The fourth-order valence-corrected chi connectivity index (χ4v) is 6.11. The minimum Gasteiger partial charge on any atom is -0.339 e. The van der Waals surface area contributed by atoms with E-state index in [1.807, 2.05) is 44.3 Å². The van der Waals surface area contributed by atoms with Crippen molar-refractivity contribution >= 4 is 17.7 Å². The molecule has 33 heavy (non-hydrogen) atoms. The van der Waals surface area contributed by atoms with Crippen molar-refractivity contribution in [3.63, 3.8) is 0 Å². The maximum Gasteiger partial charge on any atom is 0.297 e. The molecule has 1 saturated heterocycles. The average molecular weight is 468 g/mol. The number of hydrogen-bond acceptors (Lipinski definition) is 6. The number of thioether (sulfide) groups is 1. The number of carbonyl (C=O) groups excluding carboxylic acids is 1. The van der Waals surface area contributed by atoms with Gasteiger partial charge in [0.25, 0.3) is 5.56 Å². The van der Waals surface area contributed by atoms with Gasteiger partial charge in [0.1, 0.15) is 0 Å². The van der Waals surface area contributed by atoms with E-state index in [4.69, 9.17) is 0 Å². The second-order valence-electron chi connectivity index (χ2n) is 8.91. The van der Waals surface area contributed by atoms with Gasteiger partial charge in [-0.25, -0.2) is 4.68 Å². The van der Waals surface area contributed by atoms with Crippen LogP contribution in [0.25, 0.3) is 11.4 Å². The third kappa shape index (κ3) is 4.01. The first kappa shape index (κ1) is 21.9. The van der Waals surface area contributed by atoms with Gasteiger partial charge in [-0.15, -0.1) is 5.10 Å². The lowest BCUT2D eigenvalue weighted by molar-refractivity contribution is -0.134. The standard InChI is InChI=1S/C23H29N7O2S/c1-16-21(22(32)30(27(16)2)18-11-4-3-5-12-18)29-23(24-25-26-29)33-15-20(31)28-14-8-10-17-9-6-7-13-19(17)28/h3-5,11-12,17,19H,6-10,13-15H2,1-2H3. The lowest BCUT2D eigenvalue weighted by Gasteiger charge is -2.44. The molecule has 1 aromatic carbocycles. The molecule has 2 unspecified atom stereocenters. The summed E-state index contributed by atoms with van der Waals surface area (Å²) < 4.78 is 4.86. The van der Waals surface area contributed by atoms with Gasteiger partial charge in [-0.3, -0.25) is 14.3 Å². The zero-order valence-electron chi connectivity index (χ0n) is 19.1. The number of benzene rings is 1. The van der Waals surface area contributed by atoms with Crippen LogP contribution in [0.1, 0.15) is 44.2 Å². The van der Waals surface area contributed by atoms with E-state index in [1.54, 1.807) is 9.36 Å². The predicted molar refractivity (Wildman–Crippen MR) is 126 cm³/mol. The fraction of sp³-hybridized carbons (Fsp3) is 0.522. The monoisotopic (exact) mass is 467 g/mol. The number of aromatic nitrogens is 6. The SMILES string of the molecule is Cc1c(-n2nnnc2SCC(=O)N2CCCC3CCCCC32)c(=O)n(-c2ccccc2)n1C. The molecule has 1 aliphatic heterocycles. The summed E-state index contributed by atoms with van der Waals surface area (Å²) in [6, 6.07) is 9.85. The highest BCUT2D eigenvalue weighted by Gasteiger charge is 2.35. The van der Waals surface area contributed by atoms with Crippen molar-refractivity contribution in [1.82, 2.24) is 34.5 Å². The van der Waals surface area contributed by atoms with Gasteiger partial charge in [0.15, 0.2) is 5.69 Å². The second-order valence-corrected chi connectivity index (χ2v) is 9.86. The Labute approximate surface area is 196 Å². The van der Waals surface area contributed by atoms with E-state index in [-0.39, 0.29) is 17.2 Å². The molecule has 0 radical (unpaired) electrons. The Morgan fingerprint density at radius 1 is 1.12 bits per heavy atom. The molecule has 10 heteroatoms. The Bertz CT molecular complexity index is 1200. The lowest BCUT2D eigenvalue weighted by Crippen LogP contribution is -2.50. The van der Waals surface area contributed by atoms with Gasteiger partial charge in [0.2, 0.25) is 11.1 Å². The van der Waals surface area contributed by atoms with E-state index < -0.39 is 0 Å². The molecule has 2 fully saturated rings. The largest absolute Gasteiger partial charge is 0.339 e. The molecule has 174 valence electrons. The third-order valence-corrected chi connectivity index (χ3v) is 7.97. The summed E-state index contributed by atoms with van der Waals surface area (Å²) in [5.41, 5.74) is 1.70. The van der Waals surface area contributed by atoms with Crippen LogP contribution in [-0.4, -0.2) is 58.7 Å². The van der Waals surface area contributed by atoms with Crippen LogP contribution in [0.3, 0.4) is 0 Å². The minimum absolute atomic E-state index is 0.137. The lowest BCUT2D eigenvalue weighted by atomic mass is 9.78. The van der Waals surface area contributed by atoms with Crippen LogP contribution in [0.4, 0.5) is 0 Å². The van der Waals surface area contributed by atoms with E-state index in [9.17, 15) is 9.59 Å². The maximum absolute atomic E-state index is 13.3. The van der Waals surface area contributed by atoms with Gasteiger partial charge in [-0.1, -0.05) is 42.8 Å². The smallest absolute Gasteiger partial charge is 0.297 e. The number of likely N-dealkylation sites (tertiary alicyclic amines) is 1. The molecular formula is C23H29N7O2S. The molecule has 1 amide bonds. The van der Waals surface area contributed by atoms with E-state index in [1.165, 1.54) is 42.1 Å². The number of amides is 1. The van der Waals surface area contributed by atoms with Crippen molar-refractivity contribution in [3.05, 3.63) is 46.4 Å². The van der Waals surface area contributed by atoms with Gasteiger partial charge < -0.3 is 4.90 Å². The number of piperidine rings is 1. The highest BCUT2D eigenvalue weighted by atomic mass is 32.2. The number of fused-ring (bicyclic) bond motifs is 1. The Morgan fingerprint density at radius 3 is 2.70 bits per heavy atom. The number of tetrazole rings is 1. The molecule has 9 nitrogen and oxygen atoms in total. The molecule has 0 bridgehead atoms. The normalized spacial score (nSPS) is 20.6. The highest BCUT2D eigenvalue weighted by Crippen LogP contribution is 2.35. The van der Waals surface area contributed by atoms with Crippen LogP contribution in [0.15, 0.2) is 40.3 Å². The molecule has 2 atom stereocenters. The topological polar surface area (TPSA) is 90.8 Å². The zero-order chi connectivity index (χ0) is 22.9. The van der Waals surface area contributed by atoms with Gasteiger partial charge in [-0.2, -0.15) is 4.68 Å². The predicted octanol–water partition coefficient (Wildman–Crippen LogP) is 2.73. The maximum atomic E-state index is 13.3. The van der Waals surface area contributed by atoms with Crippen molar-refractivity contribution in [2.45, 2.75) is 56.6 Å². The van der Waals surface area contributed by atoms with Crippen LogP contribution in [0, 0.1) is 12.8 Å². The van der Waals surface area contributed by atoms with E-state index in [2.05, 4.69) is 20.4 Å². The highest BCUT2D eigenvalue weighted by molar-refractivity contribution is 7.99. The van der Waals surface area contributed by atoms with Crippen molar-refractivity contribution in [1.29, 1.82) is 0 Å². The third-order valence-electron chi connectivity index (χ3n) is 7.06. The summed E-state index contributed by atoms with van der Waals surface area (Å²) in [5, 5.41) is 12.5.